The number of nitrogens with one attached hydrogen (secondary N) is 1. The molecule has 0 bridgehead atoms. The second kappa shape index (κ2) is 9.20. The van der Waals surface area contributed by atoms with E-state index in [-0.39, 0.29) is 30.4 Å². The topological polar surface area (TPSA) is 126 Å². The minimum absolute atomic E-state index is 0.0285. The summed E-state index contributed by atoms with van der Waals surface area (Å²) < 4.78 is 9.75. The van der Waals surface area contributed by atoms with Crippen LogP contribution in [0.1, 0.15) is 25.5 Å². The number of ether oxygens (including phenoxy) is 2. The number of piperidine rings is 1. The SMILES string of the molecule is CCOC(=O)CON=C(C(=O)N1CCC(N2CCOC2=O)CC1)c1ccn[nH]1. The first-order valence-electron chi connectivity index (χ1n) is 9.18. The fourth-order valence-electron chi connectivity index (χ4n) is 3.21. The average Bonchev–Trinajstić information content (AvgIpc) is 3.37. The molecule has 2 aliphatic rings. The van der Waals surface area contributed by atoms with Gasteiger partial charge in [0.2, 0.25) is 6.61 Å². The molecule has 2 amide bonds. The lowest BCUT2D eigenvalue weighted by molar-refractivity contribution is -0.148. The molecule has 2 fully saturated rings. The number of likely N-dealkylation sites (tertiary alicyclic amines) is 1. The molecule has 2 saturated heterocycles. The van der Waals surface area contributed by atoms with E-state index in [2.05, 4.69) is 15.4 Å². The molecule has 1 N–H and O–H groups in total. The highest BCUT2D eigenvalue weighted by molar-refractivity contribution is 6.44. The number of esters is 1. The monoisotopic (exact) mass is 393 g/mol. The third-order valence-electron chi connectivity index (χ3n) is 4.59. The zero-order chi connectivity index (χ0) is 19.9. The predicted molar refractivity (Wildman–Crippen MR) is 95.4 cm³/mol. The molecule has 2 aliphatic heterocycles. The Morgan fingerprint density at radius 1 is 1.36 bits per heavy atom. The van der Waals surface area contributed by atoms with Crippen molar-refractivity contribution in [3.05, 3.63) is 18.0 Å². The Morgan fingerprint density at radius 3 is 2.75 bits per heavy atom. The molecule has 3 heterocycles. The van der Waals surface area contributed by atoms with Crippen molar-refractivity contribution in [2.75, 3.05) is 39.5 Å². The number of oxime groups is 1. The summed E-state index contributed by atoms with van der Waals surface area (Å²) in [5.74, 6) is -0.906. The molecule has 0 unspecified atom stereocenters. The molecule has 0 atom stereocenters. The van der Waals surface area contributed by atoms with Gasteiger partial charge in [0.1, 0.15) is 6.61 Å². The number of carbonyl (C=O) groups excluding carboxylic acids is 3. The number of hydrogen-bond donors (Lipinski definition) is 1. The van der Waals surface area contributed by atoms with E-state index < -0.39 is 12.6 Å². The molecule has 0 aromatic carbocycles. The van der Waals surface area contributed by atoms with Gasteiger partial charge in [-0.25, -0.2) is 9.59 Å². The van der Waals surface area contributed by atoms with Crippen LogP contribution in [0.15, 0.2) is 17.4 Å². The van der Waals surface area contributed by atoms with Gasteiger partial charge in [0.15, 0.2) is 5.71 Å². The van der Waals surface area contributed by atoms with Crippen molar-refractivity contribution in [2.45, 2.75) is 25.8 Å². The summed E-state index contributed by atoms with van der Waals surface area (Å²) >= 11 is 0. The van der Waals surface area contributed by atoms with E-state index in [9.17, 15) is 14.4 Å². The van der Waals surface area contributed by atoms with Gasteiger partial charge in [0.25, 0.3) is 5.91 Å². The van der Waals surface area contributed by atoms with Gasteiger partial charge in [-0.2, -0.15) is 5.10 Å². The van der Waals surface area contributed by atoms with Crippen LogP contribution in [0.4, 0.5) is 4.79 Å². The molecule has 28 heavy (non-hydrogen) atoms. The Morgan fingerprint density at radius 2 is 2.14 bits per heavy atom. The van der Waals surface area contributed by atoms with E-state index in [1.54, 1.807) is 22.8 Å². The Labute approximate surface area is 161 Å². The molecule has 152 valence electrons. The number of aromatic nitrogens is 2. The minimum atomic E-state index is -0.569. The molecule has 0 radical (unpaired) electrons. The van der Waals surface area contributed by atoms with E-state index in [1.165, 1.54) is 6.20 Å². The van der Waals surface area contributed by atoms with E-state index >= 15 is 0 Å². The molecule has 3 rings (SSSR count). The third-order valence-corrected chi connectivity index (χ3v) is 4.59. The fraction of sp³-hybridized carbons (Fsp3) is 0.588. The van der Waals surface area contributed by atoms with E-state index in [1.807, 2.05) is 0 Å². The van der Waals surface area contributed by atoms with Gasteiger partial charge in [-0.3, -0.25) is 9.89 Å². The van der Waals surface area contributed by atoms with Gasteiger partial charge in [0, 0.05) is 25.3 Å². The van der Waals surface area contributed by atoms with Crippen LogP contribution in [0.2, 0.25) is 0 Å². The van der Waals surface area contributed by atoms with Gasteiger partial charge in [-0.1, -0.05) is 5.16 Å². The highest BCUT2D eigenvalue weighted by Crippen LogP contribution is 2.20. The van der Waals surface area contributed by atoms with Gasteiger partial charge in [-0.15, -0.1) is 0 Å². The van der Waals surface area contributed by atoms with Gasteiger partial charge >= 0.3 is 12.1 Å². The summed E-state index contributed by atoms with van der Waals surface area (Å²) in [6.07, 6.45) is 2.51. The smallest absolute Gasteiger partial charge is 0.410 e. The minimum Gasteiger partial charge on any atom is -0.463 e. The van der Waals surface area contributed by atoms with Crippen molar-refractivity contribution < 1.29 is 28.7 Å². The lowest BCUT2D eigenvalue weighted by atomic mass is 10.0. The summed E-state index contributed by atoms with van der Waals surface area (Å²) in [5, 5.41) is 10.4. The number of cyclic esters (lactones) is 1. The molecule has 0 aliphatic carbocycles. The largest absolute Gasteiger partial charge is 0.463 e. The molecule has 11 heteroatoms. The van der Waals surface area contributed by atoms with Crippen LogP contribution < -0.4 is 0 Å². The van der Waals surface area contributed by atoms with Crippen molar-refractivity contribution in [3.63, 3.8) is 0 Å². The standard InChI is InChI=1S/C17H23N5O6/c1-2-26-14(23)11-28-20-15(13-3-6-18-19-13)16(24)21-7-4-12(5-8-21)22-9-10-27-17(22)25/h3,6,12H,2,4-5,7-11H2,1H3,(H,18,19). The van der Waals surface area contributed by atoms with Crippen molar-refractivity contribution in [1.82, 2.24) is 20.0 Å². The average molecular weight is 393 g/mol. The van der Waals surface area contributed by atoms with Crippen LogP contribution in [0.25, 0.3) is 0 Å². The number of rotatable bonds is 7. The molecule has 11 nitrogen and oxygen atoms in total. The van der Waals surface area contributed by atoms with E-state index in [4.69, 9.17) is 14.3 Å². The van der Waals surface area contributed by atoms with Crippen LogP contribution in [-0.4, -0.2) is 89.2 Å². The highest BCUT2D eigenvalue weighted by Gasteiger charge is 2.34. The lowest BCUT2D eigenvalue weighted by Crippen LogP contribution is -2.48. The van der Waals surface area contributed by atoms with Crippen LogP contribution in [-0.2, 0) is 23.9 Å². The van der Waals surface area contributed by atoms with Gasteiger partial charge in [0.05, 0.1) is 18.8 Å². The number of amides is 2. The fourth-order valence-corrected chi connectivity index (χ4v) is 3.21. The molecular weight excluding hydrogens is 370 g/mol. The quantitative estimate of drug-likeness (QED) is 0.396. The number of aromatic amines is 1. The summed E-state index contributed by atoms with van der Waals surface area (Å²) in [6, 6.07) is 1.66. The highest BCUT2D eigenvalue weighted by atomic mass is 16.7. The first-order chi connectivity index (χ1) is 13.6. The van der Waals surface area contributed by atoms with Gasteiger partial charge < -0.3 is 24.1 Å². The van der Waals surface area contributed by atoms with E-state index in [0.29, 0.717) is 44.8 Å². The summed E-state index contributed by atoms with van der Waals surface area (Å²) in [4.78, 5) is 44.4. The lowest BCUT2D eigenvalue weighted by Gasteiger charge is -2.35. The van der Waals surface area contributed by atoms with Crippen molar-refractivity contribution in [1.29, 1.82) is 0 Å². The molecule has 1 aromatic heterocycles. The Bertz CT molecular complexity index is 726. The van der Waals surface area contributed by atoms with E-state index in [0.717, 1.165) is 0 Å². The summed E-state index contributed by atoms with van der Waals surface area (Å²) in [6.45, 7) is 3.46. The normalized spacial score (nSPS) is 18.2. The van der Waals surface area contributed by atoms with Gasteiger partial charge in [-0.05, 0) is 25.8 Å². The number of carbonyl (C=O) groups is 3. The zero-order valence-corrected chi connectivity index (χ0v) is 15.6. The van der Waals surface area contributed by atoms with Crippen LogP contribution >= 0.6 is 0 Å². The summed E-state index contributed by atoms with van der Waals surface area (Å²) in [7, 11) is 0. The predicted octanol–water partition coefficient (Wildman–Crippen LogP) is 0.137. The van der Waals surface area contributed by atoms with Crippen molar-refractivity contribution in [3.8, 4) is 0 Å². The van der Waals surface area contributed by atoms with Crippen LogP contribution in [0, 0.1) is 0 Å². The second-order valence-electron chi connectivity index (χ2n) is 6.32. The maximum atomic E-state index is 12.9. The zero-order valence-electron chi connectivity index (χ0n) is 15.6. The first kappa shape index (κ1) is 19.6. The van der Waals surface area contributed by atoms with Crippen molar-refractivity contribution >= 4 is 23.7 Å². The molecule has 0 saturated carbocycles. The number of H-pyrrole nitrogens is 1. The number of nitrogens with zero attached hydrogens (tertiary/aromatic N) is 4. The second-order valence-corrected chi connectivity index (χ2v) is 6.32. The number of hydrogen-bond acceptors (Lipinski definition) is 8. The third kappa shape index (κ3) is 4.59. The van der Waals surface area contributed by atoms with Crippen molar-refractivity contribution in [2.24, 2.45) is 5.16 Å². The van der Waals surface area contributed by atoms with Crippen LogP contribution in [0.3, 0.4) is 0 Å². The summed E-state index contributed by atoms with van der Waals surface area (Å²) in [5.41, 5.74) is 0.417. The first-order valence-corrected chi connectivity index (χ1v) is 9.18. The molecular formula is C17H23N5O6. The maximum Gasteiger partial charge on any atom is 0.410 e. The molecule has 0 spiro atoms. The Hall–Kier alpha value is -3.11. The Kier molecular flexibility index (Phi) is 6.45. The maximum absolute atomic E-state index is 12.9. The Balaban J connectivity index is 1.62. The van der Waals surface area contributed by atoms with Crippen LogP contribution in [0.5, 0.6) is 0 Å². The molecule has 1 aromatic rings.